The van der Waals surface area contributed by atoms with Gasteiger partial charge in [0.2, 0.25) is 0 Å². The third-order valence-corrected chi connectivity index (χ3v) is 4.44. The third kappa shape index (κ3) is 3.80. The quantitative estimate of drug-likeness (QED) is 0.741. The number of rotatable bonds is 6. The number of hydrogen-bond donors (Lipinski definition) is 1. The number of nitrogens with zero attached hydrogens (tertiary/aromatic N) is 1. The average Bonchev–Trinajstić information content (AvgIpc) is 3.22. The molecule has 24 heavy (non-hydrogen) atoms. The highest BCUT2D eigenvalue weighted by Crippen LogP contribution is 2.28. The molecule has 1 aromatic carbocycles. The second-order valence-electron chi connectivity index (χ2n) is 5.00. The van der Waals surface area contributed by atoms with Crippen molar-refractivity contribution in [3.63, 3.8) is 0 Å². The Morgan fingerprint density at radius 1 is 1.33 bits per heavy atom. The molecule has 0 unspecified atom stereocenters. The summed E-state index contributed by atoms with van der Waals surface area (Å²) in [6, 6.07) is 9.60. The molecule has 0 spiro atoms. The van der Waals surface area contributed by atoms with Crippen molar-refractivity contribution in [2.24, 2.45) is 0 Å². The molecule has 3 rings (SSSR count). The monoisotopic (exact) mass is 346 g/mol. The van der Waals surface area contributed by atoms with Gasteiger partial charge in [0.15, 0.2) is 28.9 Å². The second-order valence-corrected chi connectivity index (χ2v) is 6.08. The van der Waals surface area contributed by atoms with E-state index in [-0.39, 0.29) is 18.3 Å². The number of hydrogen-bond acceptors (Lipinski definition) is 5. The minimum atomic E-state index is -0.494. The first-order valence-corrected chi connectivity index (χ1v) is 8.09. The summed E-state index contributed by atoms with van der Waals surface area (Å²) in [7, 11) is 0. The van der Waals surface area contributed by atoms with Crippen LogP contribution in [0.5, 0.6) is 5.75 Å². The number of aryl methyl sites for hydroxylation is 1. The molecule has 0 saturated heterocycles. The van der Waals surface area contributed by atoms with Crippen LogP contribution in [0.1, 0.15) is 10.6 Å². The summed E-state index contributed by atoms with van der Waals surface area (Å²) in [5.41, 5.74) is 0.835. The topological polar surface area (TPSA) is 64.4 Å². The molecule has 2 aromatic heterocycles. The van der Waals surface area contributed by atoms with Crippen molar-refractivity contribution in [2.45, 2.75) is 13.5 Å². The first-order chi connectivity index (χ1) is 11.6. The van der Waals surface area contributed by atoms with E-state index in [4.69, 9.17) is 9.15 Å². The third-order valence-electron chi connectivity index (χ3n) is 3.27. The zero-order valence-corrected chi connectivity index (χ0v) is 13.7. The normalized spacial score (nSPS) is 10.6. The van der Waals surface area contributed by atoms with Gasteiger partial charge in [-0.05, 0) is 31.2 Å². The zero-order valence-electron chi connectivity index (χ0n) is 12.9. The van der Waals surface area contributed by atoms with Gasteiger partial charge in [0, 0.05) is 4.88 Å². The second kappa shape index (κ2) is 7.27. The first kappa shape index (κ1) is 16.2. The molecule has 0 radical (unpaired) electrons. The lowest BCUT2D eigenvalue weighted by molar-refractivity contribution is -0.123. The SMILES string of the molecule is Cc1nc(-c2ccco2)sc1CNC(=O)COc1ccccc1F. The lowest BCUT2D eigenvalue weighted by atomic mass is 10.3. The van der Waals surface area contributed by atoms with E-state index in [0.717, 1.165) is 15.6 Å². The fourth-order valence-electron chi connectivity index (χ4n) is 2.03. The molecule has 0 aliphatic carbocycles. The Hall–Kier alpha value is -2.67. The Balaban J connectivity index is 1.54. The maximum Gasteiger partial charge on any atom is 0.258 e. The average molecular weight is 346 g/mol. The van der Waals surface area contributed by atoms with Crippen LogP contribution in [0.15, 0.2) is 47.1 Å². The van der Waals surface area contributed by atoms with Crippen LogP contribution >= 0.6 is 11.3 Å². The Bertz CT molecular complexity index is 830. The van der Waals surface area contributed by atoms with Crippen LogP contribution in [0.3, 0.4) is 0 Å². The van der Waals surface area contributed by atoms with Gasteiger partial charge >= 0.3 is 0 Å². The number of thiazole rings is 1. The van der Waals surface area contributed by atoms with Crippen LogP contribution in [0.4, 0.5) is 4.39 Å². The first-order valence-electron chi connectivity index (χ1n) is 7.27. The number of carbonyl (C=O) groups is 1. The molecule has 0 atom stereocenters. The van der Waals surface area contributed by atoms with Crippen LogP contribution < -0.4 is 10.1 Å². The van der Waals surface area contributed by atoms with E-state index < -0.39 is 5.82 Å². The molecule has 7 heteroatoms. The Kier molecular flexibility index (Phi) is 4.90. The zero-order chi connectivity index (χ0) is 16.9. The summed E-state index contributed by atoms with van der Waals surface area (Å²) >= 11 is 1.46. The number of carbonyl (C=O) groups excluding carboxylic acids is 1. The van der Waals surface area contributed by atoms with Crippen LogP contribution in [-0.4, -0.2) is 17.5 Å². The van der Waals surface area contributed by atoms with Gasteiger partial charge in [-0.3, -0.25) is 4.79 Å². The number of para-hydroxylation sites is 1. The molecule has 0 fully saturated rings. The fraction of sp³-hybridized carbons (Fsp3) is 0.176. The van der Waals surface area contributed by atoms with Crippen molar-refractivity contribution in [3.8, 4) is 16.5 Å². The molecule has 1 amide bonds. The predicted octanol–water partition coefficient (Wildman–Crippen LogP) is 3.55. The van der Waals surface area contributed by atoms with Gasteiger partial charge in [-0.2, -0.15) is 0 Å². The summed E-state index contributed by atoms with van der Waals surface area (Å²) < 4.78 is 23.9. The molecule has 0 saturated carbocycles. The van der Waals surface area contributed by atoms with Crippen LogP contribution in [-0.2, 0) is 11.3 Å². The summed E-state index contributed by atoms with van der Waals surface area (Å²) in [5.74, 6) is -0.0671. The smallest absolute Gasteiger partial charge is 0.258 e. The number of aromatic nitrogens is 1. The van der Waals surface area contributed by atoms with E-state index in [2.05, 4.69) is 10.3 Å². The lowest BCUT2D eigenvalue weighted by Gasteiger charge is -2.07. The number of amides is 1. The van der Waals surface area contributed by atoms with E-state index >= 15 is 0 Å². The molecule has 5 nitrogen and oxygen atoms in total. The van der Waals surface area contributed by atoms with E-state index in [9.17, 15) is 9.18 Å². The van der Waals surface area contributed by atoms with Gasteiger partial charge in [0.1, 0.15) is 0 Å². The summed E-state index contributed by atoms with van der Waals surface area (Å²) in [4.78, 5) is 17.2. The maximum atomic E-state index is 13.4. The molecule has 2 heterocycles. The van der Waals surface area contributed by atoms with Crippen LogP contribution in [0.25, 0.3) is 10.8 Å². The standard InChI is InChI=1S/C17H15FN2O3S/c1-11-15(24-17(20-11)14-7-4-8-22-14)9-19-16(21)10-23-13-6-3-2-5-12(13)18/h2-8H,9-10H2,1H3,(H,19,21). The summed E-state index contributed by atoms with van der Waals surface area (Å²) in [6.07, 6.45) is 1.59. The molecule has 124 valence electrons. The van der Waals surface area contributed by atoms with Crippen molar-refractivity contribution in [2.75, 3.05) is 6.61 Å². The van der Waals surface area contributed by atoms with Crippen molar-refractivity contribution in [3.05, 3.63) is 59.0 Å². The van der Waals surface area contributed by atoms with Gasteiger partial charge in [-0.1, -0.05) is 12.1 Å². The maximum absolute atomic E-state index is 13.4. The fourth-order valence-corrected chi connectivity index (χ4v) is 3.00. The van der Waals surface area contributed by atoms with Gasteiger partial charge in [-0.25, -0.2) is 9.37 Å². The molecule has 0 aliphatic rings. The van der Waals surface area contributed by atoms with Crippen molar-refractivity contribution in [1.29, 1.82) is 0 Å². The van der Waals surface area contributed by atoms with E-state index in [1.54, 1.807) is 24.5 Å². The predicted molar refractivity (Wildman–Crippen MR) is 88.3 cm³/mol. The van der Waals surface area contributed by atoms with Crippen LogP contribution in [0, 0.1) is 12.7 Å². The van der Waals surface area contributed by atoms with E-state index in [0.29, 0.717) is 12.3 Å². The van der Waals surface area contributed by atoms with Crippen molar-refractivity contribution in [1.82, 2.24) is 10.3 Å². The van der Waals surface area contributed by atoms with Gasteiger partial charge in [0.25, 0.3) is 5.91 Å². The minimum absolute atomic E-state index is 0.0572. The van der Waals surface area contributed by atoms with Crippen LogP contribution in [0.2, 0.25) is 0 Å². The van der Waals surface area contributed by atoms with Gasteiger partial charge in [-0.15, -0.1) is 11.3 Å². The largest absolute Gasteiger partial charge is 0.481 e. The number of furan rings is 1. The highest BCUT2D eigenvalue weighted by molar-refractivity contribution is 7.15. The highest BCUT2D eigenvalue weighted by Gasteiger charge is 2.12. The molecular weight excluding hydrogens is 331 g/mol. The lowest BCUT2D eigenvalue weighted by Crippen LogP contribution is -2.28. The summed E-state index contributed by atoms with van der Waals surface area (Å²) in [5, 5.41) is 3.51. The van der Waals surface area contributed by atoms with Gasteiger partial charge in [0.05, 0.1) is 18.5 Å². The molecular formula is C17H15FN2O3S. The number of nitrogens with one attached hydrogen (secondary N) is 1. The highest BCUT2D eigenvalue weighted by atomic mass is 32.1. The van der Waals surface area contributed by atoms with E-state index in [1.165, 1.54) is 23.5 Å². The van der Waals surface area contributed by atoms with Crippen molar-refractivity contribution < 1.29 is 18.3 Å². The number of halogens is 1. The number of benzene rings is 1. The Morgan fingerprint density at radius 2 is 2.17 bits per heavy atom. The Labute approximate surface area is 142 Å². The molecule has 0 aliphatic heterocycles. The molecule has 0 bridgehead atoms. The number of ether oxygens (including phenoxy) is 1. The minimum Gasteiger partial charge on any atom is -0.481 e. The van der Waals surface area contributed by atoms with Crippen molar-refractivity contribution >= 4 is 17.2 Å². The van der Waals surface area contributed by atoms with E-state index in [1.807, 2.05) is 13.0 Å². The van der Waals surface area contributed by atoms with Gasteiger partial charge < -0.3 is 14.5 Å². The molecule has 3 aromatic rings. The Morgan fingerprint density at radius 3 is 2.92 bits per heavy atom. The molecule has 1 N–H and O–H groups in total. The summed E-state index contributed by atoms with van der Waals surface area (Å²) in [6.45, 7) is 1.97.